The second-order valence-electron chi connectivity index (χ2n) is 3.54. The van der Waals surface area contributed by atoms with Crippen LogP contribution in [-0.4, -0.2) is 6.61 Å². The minimum atomic E-state index is -0.290. The minimum absolute atomic E-state index is 0.290. The van der Waals surface area contributed by atoms with Crippen molar-refractivity contribution in [1.82, 2.24) is 0 Å². The Labute approximate surface area is 108 Å². The number of hydrogen-bond donors (Lipinski definition) is 0. The Morgan fingerprint density at radius 1 is 1.12 bits per heavy atom. The lowest BCUT2D eigenvalue weighted by molar-refractivity contribution is 0.336. The highest BCUT2D eigenvalue weighted by Gasteiger charge is 2.12. The Morgan fingerprint density at radius 3 is 2.47 bits per heavy atom. The van der Waals surface area contributed by atoms with Gasteiger partial charge in [-0.15, -0.1) is 0 Å². The molecule has 0 bridgehead atoms. The summed E-state index contributed by atoms with van der Waals surface area (Å²) in [6.07, 6.45) is 0. The number of rotatable bonds is 3. The molecule has 0 aliphatic heterocycles. The molecule has 3 heteroatoms. The molecule has 2 rings (SSSR count). The van der Waals surface area contributed by atoms with Crippen LogP contribution in [0.1, 0.15) is 6.92 Å². The third-order valence-corrected chi connectivity index (χ3v) is 3.17. The molecule has 0 aliphatic rings. The van der Waals surface area contributed by atoms with Crippen LogP contribution in [0.4, 0.5) is 4.39 Å². The lowest BCUT2D eigenvalue weighted by Crippen LogP contribution is -1.95. The van der Waals surface area contributed by atoms with Crippen molar-refractivity contribution >= 4 is 15.9 Å². The monoisotopic (exact) mass is 294 g/mol. The zero-order valence-electron chi connectivity index (χ0n) is 9.41. The third kappa shape index (κ3) is 2.50. The van der Waals surface area contributed by atoms with Crippen LogP contribution in [0.5, 0.6) is 5.75 Å². The second kappa shape index (κ2) is 5.32. The van der Waals surface area contributed by atoms with E-state index >= 15 is 0 Å². The van der Waals surface area contributed by atoms with Crippen molar-refractivity contribution < 1.29 is 9.13 Å². The zero-order valence-corrected chi connectivity index (χ0v) is 11.0. The summed E-state index contributed by atoms with van der Waals surface area (Å²) in [7, 11) is 0. The quantitative estimate of drug-likeness (QED) is 0.800. The molecule has 0 heterocycles. The van der Waals surface area contributed by atoms with Gasteiger partial charge in [-0.25, -0.2) is 4.39 Å². The van der Waals surface area contributed by atoms with Gasteiger partial charge >= 0.3 is 0 Å². The van der Waals surface area contributed by atoms with Crippen molar-refractivity contribution in [2.45, 2.75) is 6.92 Å². The molecule has 17 heavy (non-hydrogen) atoms. The molecule has 0 saturated carbocycles. The van der Waals surface area contributed by atoms with Crippen LogP contribution in [0.3, 0.4) is 0 Å². The number of halogens is 2. The van der Waals surface area contributed by atoms with Gasteiger partial charge in [-0.05, 0) is 40.5 Å². The zero-order chi connectivity index (χ0) is 12.3. The van der Waals surface area contributed by atoms with Crippen LogP contribution in [0.2, 0.25) is 0 Å². The Bertz CT molecular complexity index is 511. The van der Waals surface area contributed by atoms with Crippen molar-refractivity contribution in [3.05, 3.63) is 52.8 Å². The Kier molecular flexibility index (Phi) is 3.79. The predicted octanol–water partition coefficient (Wildman–Crippen LogP) is 4.65. The van der Waals surface area contributed by atoms with Gasteiger partial charge in [-0.2, -0.15) is 0 Å². The topological polar surface area (TPSA) is 9.23 Å². The Balaban J connectivity index is 2.48. The maximum absolute atomic E-state index is 14.1. The maximum atomic E-state index is 14.1. The number of hydrogen-bond acceptors (Lipinski definition) is 1. The highest BCUT2D eigenvalue weighted by atomic mass is 79.9. The highest BCUT2D eigenvalue weighted by Crippen LogP contribution is 2.34. The first-order chi connectivity index (χ1) is 8.24. The minimum Gasteiger partial charge on any atom is -0.493 e. The molecule has 0 N–H and O–H groups in total. The molecule has 88 valence electrons. The van der Waals surface area contributed by atoms with E-state index in [2.05, 4.69) is 15.9 Å². The van der Waals surface area contributed by atoms with Gasteiger partial charge in [0.1, 0.15) is 11.6 Å². The van der Waals surface area contributed by atoms with E-state index in [0.717, 1.165) is 5.56 Å². The summed E-state index contributed by atoms with van der Waals surface area (Å²) in [5.74, 6) is 0.242. The summed E-state index contributed by atoms with van der Waals surface area (Å²) >= 11 is 3.23. The fraction of sp³-hybridized carbons (Fsp3) is 0.143. The van der Waals surface area contributed by atoms with E-state index in [-0.39, 0.29) is 5.82 Å². The summed E-state index contributed by atoms with van der Waals surface area (Å²) in [5, 5.41) is 0. The standard InChI is InChI=1S/C14H12BrFO/c1-2-17-12-9-8-11(14(16)13(12)15)10-6-4-3-5-7-10/h3-9H,2H2,1H3. The van der Waals surface area contributed by atoms with Crippen LogP contribution in [0.25, 0.3) is 11.1 Å². The van der Waals surface area contributed by atoms with E-state index in [0.29, 0.717) is 22.4 Å². The second-order valence-corrected chi connectivity index (χ2v) is 4.33. The fourth-order valence-electron chi connectivity index (χ4n) is 1.64. The molecule has 2 aromatic rings. The average molecular weight is 295 g/mol. The molecular weight excluding hydrogens is 283 g/mol. The van der Waals surface area contributed by atoms with E-state index in [4.69, 9.17) is 4.74 Å². The van der Waals surface area contributed by atoms with Crippen LogP contribution in [0, 0.1) is 5.82 Å². The molecule has 0 amide bonds. The molecule has 1 nitrogen and oxygen atoms in total. The summed E-state index contributed by atoms with van der Waals surface area (Å²) in [6.45, 7) is 2.39. The summed E-state index contributed by atoms with van der Waals surface area (Å²) < 4.78 is 19.8. The lowest BCUT2D eigenvalue weighted by Gasteiger charge is -2.10. The summed E-state index contributed by atoms with van der Waals surface area (Å²) in [4.78, 5) is 0. The van der Waals surface area contributed by atoms with Gasteiger partial charge in [0.15, 0.2) is 0 Å². The van der Waals surface area contributed by atoms with E-state index in [1.807, 2.05) is 37.3 Å². The van der Waals surface area contributed by atoms with Crippen molar-refractivity contribution in [1.29, 1.82) is 0 Å². The van der Waals surface area contributed by atoms with E-state index < -0.39 is 0 Å². The van der Waals surface area contributed by atoms with Crippen molar-refractivity contribution in [2.24, 2.45) is 0 Å². The summed E-state index contributed by atoms with van der Waals surface area (Å²) in [5.41, 5.74) is 1.43. The van der Waals surface area contributed by atoms with Gasteiger partial charge in [0, 0.05) is 5.56 Å². The van der Waals surface area contributed by atoms with Gasteiger partial charge in [-0.3, -0.25) is 0 Å². The Hall–Kier alpha value is -1.35. The average Bonchev–Trinajstić information content (AvgIpc) is 2.36. The van der Waals surface area contributed by atoms with Crippen LogP contribution >= 0.6 is 15.9 Å². The molecule has 0 spiro atoms. The number of ether oxygens (including phenoxy) is 1. The van der Waals surface area contributed by atoms with Gasteiger partial charge in [0.05, 0.1) is 11.1 Å². The van der Waals surface area contributed by atoms with Crippen LogP contribution in [0.15, 0.2) is 46.9 Å². The van der Waals surface area contributed by atoms with Gasteiger partial charge in [-0.1, -0.05) is 30.3 Å². The van der Waals surface area contributed by atoms with Gasteiger partial charge in [0.2, 0.25) is 0 Å². The van der Waals surface area contributed by atoms with Gasteiger partial charge < -0.3 is 4.74 Å². The first kappa shape index (κ1) is 12.1. The maximum Gasteiger partial charge on any atom is 0.148 e. The molecule has 0 fully saturated rings. The fourth-order valence-corrected chi connectivity index (χ4v) is 2.10. The highest BCUT2D eigenvalue weighted by molar-refractivity contribution is 9.10. The third-order valence-electron chi connectivity index (χ3n) is 2.43. The summed E-state index contributed by atoms with van der Waals surface area (Å²) in [6, 6.07) is 13.0. The largest absolute Gasteiger partial charge is 0.493 e. The molecule has 0 aliphatic carbocycles. The van der Waals surface area contributed by atoms with Crippen LogP contribution < -0.4 is 4.74 Å². The van der Waals surface area contributed by atoms with E-state index in [1.165, 1.54) is 0 Å². The molecule has 2 aromatic carbocycles. The molecule has 0 saturated heterocycles. The lowest BCUT2D eigenvalue weighted by atomic mass is 10.1. The normalized spacial score (nSPS) is 10.3. The smallest absolute Gasteiger partial charge is 0.148 e. The van der Waals surface area contributed by atoms with Crippen molar-refractivity contribution in [3.63, 3.8) is 0 Å². The van der Waals surface area contributed by atoms with Gasteiger partial charge in [0.25, 0.3) is 0 Å². The molecule has 0 atom stereocenters. The Morgan fingerprint density at radius 2 is 1.82 bits per heavy atom. The first-order valence-electron chi connectivity index (χ1n) is 5.40. The molecule has 0 unspecified atom stereocenters. The molecule has 0 radical (unpaired) electrons. The number of benzene rings is 2. The van der Waals surface area contributed by atoms with Crippen molar-refractivity contribution in [2.75, 3.05) is 6.61 Å². The first-order valence-corrected chi connectivity index (χ1v) is 6.19. The predicted molar refractivity (Wildman–Crippen MR) is 70.7 cm³/mol. The molecular formula is C14H12BrFO. The van der Waals surface area contributed by atoms with E-state index in [1.54, 1.807) is 12.1 Å². The van der Waals surface area contributed by atoms with Crippen molar-refractivity contribution in [3.8, 4) is 16.9 Å². The SMILES string of the molecule is CCOc1ccc(-c2ccccc2)c(F)c1Br. The van der Waals surface area contributed by atoms with Crippen LogP contribution in [-0.2, 0) is 0 Å². The molecule has 0 aromatic heterocycles. The van der Waals surface area contributed by atoms with E-state index in [9.17, 15) is 4.39 Å².